The fourth-order valence-corrected chi connectivity index (χ4v) is 2.95. The number of nitrogens with zero attached hydrogens (tertiary/aromatic N) is 2. The summed E-state index contributed by atoms with van der Waals surface area (Å²) in [6, 6.07) is 6.10. The highest BCUT2D eigenvalue weighted by molar-refractivity contribution is 5.79. The Labute approximate surface area is 152 Å². The lowest BCUT2D eigenvalue weighted by molar-refractivity contribution is -0.274. The zero-order valence-electron chi connectivity index (χ0n) is 15.2. The molecule has 0 spiro atoms. The molecular formula is C18H26F3N3O2. The molecular weight excluding hydrogens is 347 g/mol. The predicted octanol–water partition coefficient (Wildman–Crippen LogP) is 3.41. The number of aliphatic imine (C=N–C) groups is 1. The van der Waals surface area contributed by atoms with Crippen LogP contribution in [0.2, 0.25) is 0 Å². The number of halogens is 3. The van der Waals surface area contributed by atoms with E-state index in [2.05, 4.69) is 15.0 Å². The third-order valence-electron chi connectivity index (χ3n) is 4.42. The summed E-state index contributed by atoms with van der Waals surface area (Å²) >= 11 is 0. The molecule has 1 saturated heterocycles. The third kappa shape index (κ3) is 6.74. The first-order valence-corrected chi connectivity index (χ1v) is 8.72. The molecule has 0 atom stereocenters. The molecule has 0 bridgehead atoms. The highest BCUT2D eigenvalue weighted by Gasteiger charge is 2.32. The molecule has 8 heteroatoms. The summed E-state index contributed by atoms with van der Waals surface area (Å²) in [5, 5.41) is 3.10. The van der Waals surface area contributed by atoms with Gasteiger partial charge < -0.3 is 19.7 Å². The van der Waals surface area contributed by atoms with E-state index in [1.807, 2.05) is 11.9 Å². The Balaban J connectivity index is 1.88. The van der Waals surface area contributed by atoms with Gasteiger partial charge in [-0.15, -0.1) is 13.2 Å². The Bertz CT molecular complexity index is 587. The summed E-state index contributed by atoms with van der Waals surface area (Å²) in [4.78, 5) is 6.20. The molecule has 146 valence electrons. The Kier molecular flexibility index (Phi) is 7.56. The molecule has 1 aliphatic heterocycles. The first kappa shape index (κ1) is 20.4. The van der Waals surface area contributed by atoms with Crippen molar-refractivity contribution in [1.29, 1.82) is 0 Å². The average Bonchev–Trinajstić information content (AvgIpc) is 2.61. The lowest BCUT2D eigenvalue weighted by Gasteiger charge is -2.27. The molecule has 2 rings (SSSR count). The number of benzene rings is 1. The number of hydrogen-bond acceptors (Lipinski definition) is 3. The molecule has 1 fully saturated rings. The average molecular weight is 373 g/mol. The normalized spacial score (nSPS) is 16.4. The molecule has 1 N–H and O–H groups in total. The quantitative estimate of drug-likeness (QED) is 0.613. The largest absolute Gasteiger partial charge is 0.573 e. The highest BCUT2D eigenvalue weighted by Crippen LogP contribution is 2.26. The van der Waals surface area contributed by atoms with E-state index >= 15 is 0 Å². The van der Waals surface area contributed by atoms with Crippen LogP contribution in [0.15, 0.2) is 29.3 Å². The maximum atomic E-state index is 12.5. The van der Waals surface area contributed by atoms with Gasteiger partial charge in [-0.2, -0.15) is 0 Å². The molecule has 1 heterocycles. The molecule has 1 aromatic rings. The van der Waals surface area contributed by atoms with Crippen molar-refractivity contribution < 1.29 is 22.6 Å². The summed E-state index contributed by atoms with van der Waals surface area (Å²) in [6.45, 7) is 2.65. The van der Waals surface area contributed by atoms with Gasteiger partial charge >= 0.3 is 6.36 Å². The Hall–Kier alpha value is -1.96. The van der Waals surface area contributed by atoms with Crippen molar-refractivity contribution in [3.05, 3.63) is 29.8 Å². The van der Waals surface area contributed by atoms with Crippen molar-refractivity contribution in [3.8, 4) is 5.75 Å². The van der Waals surface area contributed by atoms with Gasteiger partial charge in [-0.25, -0.2) is 0 Å². The monoisotopic (exact) mass is 373 g/mol. The van der Waals surface area contributed by atoms with Gasteiger partial charge in [0.05, 0.1) is 0 Å². The topological polar surface area (TPSA) is 46.1 Å². The molecule has 1 aromatic carbocycles. The van der Waals surface area contributed by atoms with Crippen LogP contribution in [0.1, 0.15) is 24.8 Å². The number of nitrogens with one attached hydrogen (secondary N) is 1. The van der Waals surface area contributed by atoms with Gasteiger partial charge in [0.25, 0.3) is 0 Å². The third-order valence-corrected chi connectivity index (χ3v) is 4.42. The Morgan fingerprint density at radius 1 is 1.31 bits per heavy atom. The van der Waals surface area contributed by atoms with Gasteiger partial charge in [0.15, 0.2) is 5.96 Å². The van der Waals surface area contributed by atoms with Crippen molar-refractivity contribution in [2.75, 3.05) is 33.9 Å². The van der Waals surface area contributed by atoms with Gasteiger partial charge in [0.1, 0.15) is 5.75 Å². The lowest BCUT2D eigenvalue weighted by atomic mass is 9.96. The molecule has 0 unspecified atom stereocenters. The number of rotatable bonds is 6. The zero-order chi connectivity index (χ0) is 19.0. The van der Waals surface area contributed by atoms with Crippen molar-refractivity contribution in [1.82, 2.24) is 10.2 Å². The van der Waals surface area contributed by atoms with Gasteiger partial charge in [0, 0.05) is 46.0 Å². The molecule has 5 nitrogen and oxygen atoms in total. The van der Waals surface area contributed by atoms with E-state index in [4.69, 9.17) is 4.74 Å². The van der Waals surface area contributed by atoms with E-state index in [0.717, 1.165) is 39.0 Å². The second-order valence-corrected chi connectivity index (χ2v) is 6.32. The highest BCUT2D eigenvalue weighted by atomic mass is 19.4. The van der Waals surface area contributed by atoms with Crippen LogP contribution in [-0.2, 0) is 11.3 Å². The zero-order valence-corrected chi connectivity index (χ0v) is 15.2. The van der Waals surface area contributed by atoms with Crippen molar-refractivity contribution in [3.63, 3.8) is 0 Å². The minimum absolute atomic E-state index is 0.195. The van der Waals surface area contributed by atoms with E-state index in [9.17, 15) is 13.2 Å². The van der Waals surface area contributed by atoms with Gasteiger partial charge in [-0.1, -0.05) is 18.2 Å². The van der Waals surface area contributed by atoms with Crippen LogP contribution in [0.5, 0.6) is 5.75 Å². The maximum Gasteiger partial charge on any atom is 0.573 e. The van der Waals surface area contributed by atoms with Gasteiger partial charge in [0.2, 0.25) is 0 Å². The van der Waals surface area contributed by atoms with E-state index in [1.54, 1.807) is 19.2 Å². The van der Waals surface area contributed by atoms with Crippen LogP contribution in [0, 0.1) is 5.92 Å². The summed E-state index contributed by atoms with van der Waals surface area (Å²) in [5.41, 5.74) is 0.420. The predicted molar refractivity (Wildman–Crippen MR) is 94.1 cm³/mol. The molecule has 0 radical (unpaired) electrons. The van der Waals surface area contributed by atoms with E-state index in [1.165, 1.54) is 12.1 Å². The summed E-state index contributed by atoms with van der Waals surface area (Å²) < 4.78 is 47.0. The Morgan fingerprint density at radius 3 is 2.65 bits per heavy atom. The smallest absolute Gasteiger partial charge is 0.405 e. The number of guanidine groups is 1. The molecule has 1 aliphatic rings. The van der Waals surface area contributed by atoms with Gasteiger partial charge in [-0.3, -0.25) is 4.99 Å². The number of para-hydroxylation sites is 1. The number of alkyl halides is 3. The summed E-state index contributed by atoms with van der Waals surface area (Å²) in [5.74, 6) is 1.08. The van der Waals surface area contributed by atoms with Crippen molar-refractivity contribution in [2.45, 2.75) is 32.2 Å². The summed E-state index contributed by atoms with van der Waals surface area (Å²) in [6.07, 6.45) is -1.53. The molecule has 0 amide bonds. The van der Waals surface area contributed by atoms with Crippen LogP contribution < -0.4 is 10.1 Å². The Morgan fingerprint density at radius 2 is 2.00 bits per heavy atom. The first-order chi connectivity index (χ1) is 12.4. The van der Waals surface area contributed by atoms with Crippen LogP contribution in [0.3, 0.4) is 0 Å². The van der Waals surface area contributed by atoms with Crippen molar-refractivity contribution in [2.24, 2.45) is 10.9 Å². The van der Waals surface area contributed by atoms with Crippen LogP contribution in [-0.4, -0.2) is 51.1 Å². The van der Waals surface area contributed by atoms with Crippen molar-refractivity contribution >= 4 is 5.96 Å². The van der Waals surface area contributed by atoms with Crippen LogP contribution in [0.4, 0.5) is 13.2 Å². The standard InChI is InChI=1S/C18H26F3N3O2/c1-22-17(24(2)10-7-14-8-11-25-12-9-14)23-13-15-5-3-4-6-16(15)26-18(19,20)21/h3-6,14H,7-13H2,1-2H3,(H,22,23). The first-order valence-electron chi connectivity index (χ1n) is 8.72. The van der Waals surface area contributed by atoms with E-state index in [0.29, 0.717) is 17.4 Å². The maximum absolute atomic E-state index is 12.5. The van der Waals surface area contributed by atoms with Gasteiger partial charge in [-0.05, 0) is 31.2 Å². The van der Waals surface area contributed by atoms with E-state index < -0.39 is 6.36 Å². The van der Waals surface area contributed by atoms with Crippen LogP contribution in [0.25, 0.3) is 0 Å². The van der Waals surface area contributed by atoms with E-state index in [-0.39, 0.29) is 12.3 Å². The molecule has 0 saturated carbocycles. The summed E-state index contributed by atoms with van der Waals surface area (Å²) in [7, 11) is 3.58. The SMILES string of the molecule is CN=C(NCc1ccccc1OC(F)(F)F)N(C)CCC1CCOCC1. The fraction of sp³-hybridized carbons (Fsp3) is 0.611. The number of hydrogen-bond donors (Lipinski definition) is 1. The van der Waals surface area contributed by atoms with Crippen LogP contribution >= 0.6 is 0 Å². The second-order valence-electron chi connectivity index (χ2n) is 6.32. The molecule has 0 aliphatic carbocycles. The number of ether oxygens (including phenoxy) is 2. The molecule has 26 heavy (non-hydrogen) atoms. The lowest BCUT2D eigenvalue weighted by Crippen LogP contribution is -2.39. The molecule has 0 aromatic heterocycles. The second kappa shape index (κ2) is 9.66. The fourth-order valence-electron chi connectivity index (χ4n) is 2.95. The minimum Gasteiger partial charge on any atom is -0.405 e. The minimum atomic E-state index is -4.71.